The van der Waals surface area contributed by atoms with Crippen molar-refractivity contribution in [3.05, 3.63) is 29.8 Å². The van der Waals surface area contributed by atoms with Gasteiger partial charge in [0.05, 0.1) is 18.4 Å². The van der Waals surface area contributed by atoms with E-state index in [1.165, 1.54) is 18.9 Å². The molecule has 120 valence electrons. The van der Waals surface area contributed by atoms with Crippen molar-refractivity contribution in [1.29, 1.82) is 0 Å². The molecule has 0 aliphatic heterocycles. The van der Waals surface area contributed by atoms with Crippen LogP contribution in [0.2, 0.25) is 0 Å². The Bertz CT molecular complexity index is 543. The van der Waals surface area contributed by atoms with E-state index in [4.69, 9.17) is 4.74 Å². The highest BCUT2D eigenvalue weighted by Gasteiger charge is 2.21. The van der Waals surface area contributed by atoms with Crippen molar-refractivity contribution < 1.29 is 19.1 Å². The normalized spacial score (nSPS) is 9.95. The Morgan fingerprint density at radius 3 is 2.50 bits per heavy atom. The molecular weight excluding hydrogens is 284 g/mol. The summed E-state index contributed by atoms with van der Waals surface area (Å²) in [5.41, 5.74) is 0.619. The van der Waals surface area contributed by atoms with Crippen LogP contribution in [-0.4, -0.2) is 38.0 Å². The molecule has 0 saturated heterocycles. The smallest absolute Gasteiger partial charge is 0.339 e. The molecule has 0 spiro atoms. The van der Waals surface area contributed by atoms with Gasteiger partial charge in [-0.1, -0.05) is 25.5 Å². The number of carbonyl (C=O) groups excluding carboxylic acids is 3. The third-order valence-electron chi connectivity index (χ3n) is 3.13. The first-order valence-electron chi connectivity index (χ1n) is 7.23. The minimum Gasteiger partial charge on any atom is -0.465 e. The number of nitrogens with zero attached hydrogens (tertiary/aromatic N) is 1. The van der Waals surface area contributed by atoms with Crippen LogP contribution in [0.4, 0.5) is 5.69 Å². The van der Waals surface area contributed by atoms with Gasteiger partial charge in [-0.15, -0.1) is 0 Å². The maximum atomic E-state index is 11.9. The van der Waals surface area contributed by atoms with E-state index in [1.54, 1.807) is 24.3 Å². The summed E-state index contributed by atoms with van der Waals surface area (Å²) in [5.74, 6) is -1.13. The lowest BCUT2D eigenvalue weighted by atomic mass is 10.1. The minimum absolute atomic E-state index is 0.132. The number of hydrogen-bond donors (Lipinski definition) is 1. The van der Waals surface area contributed by atoms with Gasteiger partial charge < -0.3 is 15.0 Å². The van der Waals surface area contributed by atoms with Gasteiger partial charge in [0, 0.05) is 13.5 Å². The number of unbranched alkanes of at least 4 members (excludes halogenated alkanes) is 1. The van der Waals surface area contributed by atoms with E-state index >= 15 is 0 Å². The number of methoxy groups -OCH3 is 1. The Labute approximate surface area is 130 Å². The fourth-order valence-electron chi connectivity index (χ4n) is 1.96. The molecule has 6 heteroatoms. The van der Waals surface area contributed by atoms with Crippen molar-refractivity contribution in [2.45, 2.75) is 26.7 Å². The Balaban J connectivity index is 2.95. The minimum atomic E-state index is -0.548. The van der Waals surface area contributed by atoms with Gasteiger partial charge in [0.15, 0.2) is 0 Å². The molecule has 0 atom stereocenters. The molecule has 1 rings (SSSR count). The summed E-state index contributed by atoms with van der Waals surface area (Å²) in [4.78, 5) is 36.9. The number of hydrogen-bond acceptors (Lipinski definition) is 4. The van der Waals surface area contributed by atoms with Crippen LogP contribution in [0.5, 0.6) is 0 Å². The Morgan fingerprint density at radius 2 is 1.91 bits per heavy atom. The summed E-state index contributed by atoms with van der Waals surface area (Å²) < 4.78 is 4.71. The van der Waals surface area contributed by atoms with Crippen LogP contribution in [0.25, 0.3) is 0 Å². The third kappa shape index (κ3) is 4.87. The van der Waals surface area contributed by atoms with Crippen molar-refractivity contribution in [3.63, 3.8) is 0 Å². The predicted molar refractivity (Wildman–Crippen MR) is 83.7 cm³/mol. The maximum Gasteiger partial charge on any atom is 0.339 e. The van der Waals surface area contributed by atoms with Crippen LogP contribution in [0, 0.1) is 0 Å². The number of rotatable bonds is 7. The number of ether oxygens (including phenoxy) is 1. The standard InChI is InChI=1S/C16H22N2O4/c1-4-5-10-17-15(20)11-18(12(2)19)14-9-7-6-8-13(14)16(21)22-3/h6-9H,4-5,10-11H2,1-3H3,(H,17,20). The Hall–Kier alpha value is -2.37. The van der Waals surface area contributed by atoms with Gasteiger partial charge in [-0.3, -0.25) is 9.59 Å². The maximum absolute atomic E-state index is 11.9. The van der Waals surface area contributed by atoms with Gasteiger partial charge in [0.2, 0.25) is 11.8 Å². The van der Waals surface area contributed by atoms with Crippen LogP contribution in [0.1, 0.15) is 37.0 Å². The zero-order chi connectivity index (χ0) is 16.5. The lowest BCUT2D eigenvalue weighted by Gasteiger charge is -2.22. The summed E-state index contributed by atoms with van der Waals surface area (Å²) >= 11 is 0. The van der Waals surface area contributed by atoms with E-state index < -0.39 is 5.97 Å². The average molecular weight is 306 g/mol. The van der Waals surface area contributed by atoms with Gasteiger partial charge in [-0.25, -0.2) is 4.79 Å². The van der Waals surface area contributed by atoms with Crippen LogP contribution >= 0.6 is 0 Å². The largest absolute Gasteiger partial charge is 0.465 e. The molecule has 0 aliphatic carbocycles. The number of amides is 2. The number of carbonyl (C=O) groups is 3. The molecule has 2 amide bonds. The first kappa shape index (κ1) is 17.7. The van der Waals surface area contributed by atoms with Gasteiger partial charge >= 0.3 is 5.97 Å². The SMILES string of the molecule is CCCCNC(=O)CN(C(C)=O)c1ccccc1C(=O)OC. The number of nitrogens with one attached hydrogen (secondary N) is 1. The number of para-hydroxylation sites is 1. The first-order chi connectivity index (χ1) is 10.5. The highest BCUT2D eigenvalue weighted by molar-refractivity contribution is 6.04. The van der Waals surface area contributed by atoms with E-state index in [0.29, 0.717) is 12.2 Å². The van der Waals surface area contributed by atoms with Gasteiger partial charge in [-0.05, 0) is 18.6 Å². The second-order valence-electron chi connectivity index (χ2n) is 4.82. The van der Waals surface area contributed by atoms with Gasteiger partial charge in [0.25, 0.3) is 0 Å². The van der Waals surface area contributed by atoms with E-state index in [0.717, 1.165) is 12.8 Å². The fraction of sp³-hybridized carbons (Fsp3) is 0.438. The number of esters is 1. The van der Waals surface area contributed by atoms with E-state index in [-0.39, 0.29) is 23.9 Å². The molecule has 22 heavy (non-hydrogen) atoms. The summed E-state index contributed by atoms with van der Waals surface area (Å²) in [6.45, 7) is 3.82. The highest BCUT2D eigenvalue weighted by Crippen LogP contribution is 2.21. The molecule has 0 aromatic heterocycles. The quantitative estimate of drug-likeness (QED) is 0.615. The lowest BCUT2D eigenvalue weighted by Crippen LogP contribution is -2.40. The summed E-state index contributed by atoms with van der Waals surface area (Å²) in [6, 6.07) is 6.56. The molecule has 0 radical (unpaired) electrons. The number of benzene rings is 1. The molecule has 0 aliphatic rings. The molecule has 0 bridgehead atoms. The predicted octanol–water partition coefficient (Wildman–Crippen LogP) is 1.74. The third-order valence-corrected chi connectivity index (χ3v) is 3.13. The van der Waals surface area contributed by atoms with Crippen molar-refractivity contribution in [3.8, 4) is 0 Å². The van der Waals surface area contributed by atoms with Crippen LogP contribution < -0.4 is 10.2 Å². The van der Waals surface area contributed by atoms with Crippen LogP contribution in [-0.2, 0) is 14.3 Å². The monoisotopic (exact) mass is 306 g/mol. The lowest BCUT2D eigenvalue weighted by molar-refractivity contribution is -0.123. The van der Waals surface area contributed by atoms with E-state index in [2.05, 4.69) is 5.32 Å². The van der Waals surface area contributed by atoms with E-state index in [9.17, 15) is 14.4 Å². The summed E-state index contributed by atoms with van der Waals surface area (Å²) in [7, 11) is 1.27. The van der Waals surface area contributed by atoms with Crippen molar-refractivity contribution in [2.75, 3.05) is 25.1 Å². The summed E-state index contributed by atoms with van der Waals surface area (Å²) in [5, 5.41) is 2.75. The second kappa shape index (κ2) is 8.81. The zero-order valence-electron chi connectivity index (χ0n) is 13.2. The highest BCUT2D eigenvalue weighted by atomic mass is 16.5. The molecule has 6 nitrogen and oxygen atoms in total. The summed E-state index contributed by atoms with van der Waals surface area (Å²) in [6.07, 6.45) is 1.85. The zero-order valence-corrected chi connectivity index (χ0v) is 13.2. The molecule has 0 heterocycles. The van der Waals surface area contributed by atoms with Crippen molar-refractivity contribution in [1.82, 2.24) is 5.32 Å². The molecule has 1 N–H and O–H groups in total. The van der Waals surface area contributed by atoms with Crippen LogP contribution in [0.15, 0.2) is 24.3 Å². The van der Waals surface area contributed by atoms with E-state index in [1.807, 2.05) is 6.92 Å². The van der Waals surface area contributed by atoms with Crippen molar-refractivity contribution in [2.24, 2.45) is 0 Å². The van der Waals surface area contributed by atoms with Crippen molar-refractivity contribution >= 4 is 23.5 Å². The molecule has 0 fully saturated rings. The van der Waals surface area contributed by atoms with Gasteiger partial charge in [-0.2, -0.15) is 0 Å². The van der Waals surface area contributed by atoms with Gasteiger partial charge in [0.1, 0.15) is 6.54 Å². The first-order valence-corrected chi connectivity index (χ1v) is 7.23. The molecule has 0 unspecified atom stereocenters. The second-order valence-corrected chi connectivity index (χ2v) is 4.82. The number of anilines is 1. The Kier molecular flexibility index (Phi) is 7.08. The average Bonchev–Trinajstić information content (AvgIpc) is 2.52. The van der Waals surface area contributed by atoms with Crippen LogP contribution in [0.3, 0.4) is 0 Å². The molecule has 0 saturated carbocycles. The molecule has 1 aromatic rings. The Morgan fingerprint density at radius 1 is 1.23 bits per heavy atom. The molecule has 1 aromatic carbocycles. The molecular formula is C16H22N2O4. The topological polar surface area (TPSA) is 75.7 Å². The fourth-order valence-corrected chi connectivity index (χ4v) is 1.96.